The van der Waals surface area contributed by atoms with Crippen LogP contribution in [0.2, 0.25) is 0 Å². The predicted octanol–water partition coefficient (Wildman–Crippen LogP) is 2.31. The van der Waals surface area contributed by atoms with E-state index in [2.05, 4.69) is 32.0 Å². The van der Waals surface area contributed by atoms with Crippen molar-refractivity contribution in [2.75, 3.05) is 19.8 Å². The Morgan fingerprint density at radius 3 is 2.29 bits per heavy atom. The summed E-state index contributed by atoms with van der Waals surface area (Å²) < 4.78 is 5.54. The molecule has 0 aromatic heterocycles. The van der Waals surface area contributed by atoms with Gasteiger partial charge in [0.05, 0.1) is 13.2 Å². The number of hydrogen-bond acceptors (Lipinski definition) is 2. The average molecular weight is 231 g/mol. The van der Waals surface area contributed by atoms with Gasteiger partial charge in [0, 0.05) is 5.41 Å². The van der Waals surface area contributed by atoms with Crippen molar-refractivity contribution in [3.05, 3.63) is 34.9 Å². The number of hydrogen-bond donors (Lipinski definition) is 1. The Balaban J connectivity index is 2.03. The molecule has 0 unspecified atom stereocenters. The highest BCUT2D eigenvalue weighted by molar-refractivity contribution is 5.40. The highest BCUT2D eigenvalue weighted by Gasteiger charge is 2.62. The lowest BCUT2D eigenvalue weighted by Gasteiger charge is -2.48. The predicted molar refractivity (Wildman–Crippen MR) is 69.1 cm³/mol. The highest BCUT2D eigenvalue weighted by Crippen LogP contribution is 2.61. The highest BCUT2D eigenvalue weighted by atomic mass is 16.5. The van der Waals surface area contributed by atoms with Crippen LogP contribution in [-0.4, -0.2) is 19.8 Å². The van der Waals surface area contributed by atoms with Crippen molar-refractivity contribution >= 4 is 0 Å². The van der Waals surface area contributed by atoms with E-state index >= 15 is 0 Å². The molecule has 1 aliphatic carbocycles. The SMILES string of the molecule is Cc1ccc(C2(C3(CN)CC3)COC2)cc1C. The summed E-state index contributed by atoms with van der Waals surface area (Å²) >= 11 is 0. The summed E-state index contributed by atoms with van der Waals surface area (Å²) in [7, 11) is 0. The molecule has 0 atom stereocenters. The Labute approximate surface area is 103 Å². The van der Waals surface area contributed by atoms with Gasteiger partial charge >= 0.3 is 0 Å². The van der Waals surface area contributed by atoms with Gasteiger partial charge in [0.15, 0.2) is 0 Å². The fourth-order valence-corrected chi connectivity index (χ4v) is 3.15. The first-order valence-corrected chi connectivity index (χ1v) is 6.49. The number of benzene rings is 1. The molecule has 2 heteroatoms. The van der Waals surface area contributed by atoms with Crippen LogP contribution in [0.15, 0.2) is 18.2 Å². The van der Waals surface area contributed by atoms with E-state index in [9.17, 15) is 0 Å². The molecule has 1 aromatic carbocycles. The summed E-state index contributed by atoms with van der Waals surface area (Å²) in [6.07, 6.45) is 2.53. The Morgan fingerprint density at radius 2 is 1.88 bits per heavy atom. The van der Waals surface area contributed by atoms with E-state index < -0.39 is 0 Å². The summed E-state index contributed by atoms with van der Waals surface area (Å²) in [6, 6.07) is 6.85. The molecular formula is C15H21NO. The summed E-state index contributed by atoms with van der Waals surface area (Å²) in [5.41, 5.74) is 10.7. The first kappa shape index (κ1) is 11.2. The molecule has 2 nitrogen and oxygen atoms in total. The zero-order valence-electron chi connectivity index (χ0n) is 10.8. The van der Waals surface area contributed by atoms with Crippen molar-refractivity contribution in [3.8, 4) is 0 Å². The van der Waals surface area contributed by atoms with Crippen LogP contribution in [0.5, 0.6) is 0 Å². The molecule has 1 saturated heterocycles. The first-order valence-electron chi connectivity index (χ1n) is 6.49. The third kappa shape index (κ3) is 1.40. The van der Waals surface area contributed by atoms with Crippen molar-refractivity contribution in [1.82, 2.24) is 0 Å². The monoisotopic (exact) mass is 231 g/mol. The lowest BCUT2D eigenvalue weighted by molar-refractivity contribution is -0.0973. The van der Waals surface area contributed by atoms with Crippen molar-refractivity contribution in [2.24, 2.45) is 11.1 Å². The Kier molecular flexibility index (Phi) is 2.36. The minimum Gasteiger partial charge on any atom is -0.379 e. The van der Waals surface area contributed by atoms with Crippen LogP contribution in [0.25, 0.3) is 0 Å². The standard InChI is InChI=1S/C15H21NO/c1-11-3-4-13(7-12(11)2)15(9-17-10-15)14(8-16)5-6-14/h3-4,7H,5-6,8-10,16H2,1-2H3. The quantitative estimate of drug-likeness (QED) is 0.866. The van der Waals surface area contributed by atoms with Crippen LogP contribution >= 0.6 is 0 Å². The molecule has 0 bridgehead atoms. The molecule has 1 aromatic rings. The van der Waals surface area contributed by atoms with Gasteiger partial charge in [0.25, 0.3) is 0 Å². The van der Waals surface area contributed by atoms with Crippen LogP contribution in [0.3, 0.4) is 0 Å². The molecule has 2 fully saturated rings. The molecule has 1 heterocycles. The summed E-state index contributed by atoms with van der Waals surface area (Å²) in [4.78, 5) is 0. The molecule has 3 rings (SSSR count). The van der Waals surface area contributed by atoms with Crippen molar-refractivity contribution in [2.45, 2.75) is 32.1 Å². The third-order valence-corrected chi connectivity index (χ3v) is 5.02. The number of nitrogens with two attached hydrogens (primary N) is 1. The Bertz CT molecular complexity index is 444. The smallest absolute Gasteiger partial charge is 0.0591 e. The molecule has 0 spiro atoms. The minimum absolute atomic E-state index is 0.209. The minimum atomic E-state index is 0.209. The second-order valence-electron chi connectivity index (χ2n) is 5.86. The van der Waals surface area contributed by atoms with Gasteiger partial charge < -0.3 is 10.5 Å². The largest absolute Gasteiger partial charge is 0.379 e. The van der Waals surface area contributed by atoms with E-state index in [0.29, 0.717) is 5.41 Å². The van der Waals surface area contributed by atoms with Gasteiger partial charge in [-0.2, -0.15) is 0 Å². The molecule has 1 aliphatic heterocycles. The van der Waals surface area contributed by atoms with E-state index in [4.69, 9.17) is 10.5 Å². The molecule has 1 saturated carbocycles. The van der Waals surface area contributed by atoms with Crippen LogP contribution < -0.4 is 5.73 Å². The topological polar surface area (TPSA) is 35.2 Å². The summed E-state index contributed by atoms with van der Waals surface area (Å²) in [5.74, 6) is 0. The van der Waals surface area contributed by atoms with Crippen LogP contribution in [0, 0.1) is 19.3 Å². The van der Waals surface area contributed by atoms with Gasteiger partial charge in [-0.05, 0) is 55.3 Å². The van der Waals surface area contributed by atoms with Gasteiger partial charge in [-0.1, -0.05) is 18.2 Å². The fraction of sp³-hybridized carbons (Fsp3) is 0.600. The molecular weight excluding hydrogens is 210 g/mol. The lowest BCUT2D eigenvalue weighted by Crippen LogP contribution is -2.56. The van der Waals surface area contributed by atoms with E-state index in [1.165, 1.54) is 29.5 Å². The first-order chi connectivity index (χ1) is 8.13. The van der Waals surface area contributed by atoms with Crippen molar-refractivity contribution in [1.29, 1.82) is 0 Å². The second kappa shape index (κ2) is 3.56. The third-order valence-electron chi connectivity index (χ3n) is 5.02. The molecule has 2 N–H and O–H groups in total. The molecule has 0 amide bonds. The molecule has 17 heavy (non-hydrogen) atoms. The van der Waals surface area contributed by atoms with Crippen LogP contribution in [-0.2, 0) is 10.2 Å². The van der Waals surface area contributed by atoms with Crippen LogP contribution in [0.4, 0.5) is 0 Å². The van der Waals surface area contributed by atoms with E-state index in [-0.39, 0.29) is 5.41 Å². The van der Waals surface area contributed by atoms with E-state index in [1.807, 2.05) is 0 Å². The van der Waals surface area contributed by atoms with Crippen LogP contribution in [0.1, 0.15) is 29.5 Å². The maximum atomic E-state index is 6.01. The zero-order chi connectivity index (χ0) is 12.1. The zero-order valence-corrected chi connectivity index (χ0v) is 10.8. The Hall–Kier alpha value is -0.860. The Morgan fingerprint density at radius 1 is 1.18 bits per heavy atom. The van der Waals surface area contributed by atoms with Gasteiger partial charge in [0.2, 0.25) is 0 Å². The maximum Gasteiger partial charge on any atom is 0.0591 e. The maximum absolute atomic E-state index is 6.01. The number of rotatable bonds is 3. The number of aryl methyl sites for hydroxylation is 2. The normalized spacial score (nSPS) is 24.2. The molecule has 92 valence electrons. The molecule has 0 radical (unpaired) electrons. The van der Waals surface area contributed by atoms with E-state index in [1.54, 1.807) is 0 Å². The van der Waals surface area contributed by atoms with Gasteiger partial charge in [-0.15, -0.1) is 0 Å². The van der Waals surface area contributed by atoms with Gasteiger partial charge in [-0.3, -0.25) is 0 Å². The average Bonchev–Trinajstić information content (AvgIpc) is 3.03. The summed E-state index contributed by atoms with van der Waals surface area (Å²) in [6.45, 7) is 6.86. The second-order valence-corrected chi connectivity index (χ2v) is 5.86. The molecule has 2 aliphatic rings. The van der Waals surface area contributed by atoms with Crippen molar-refractivity contribution < 1.29 is 4.74 Å². The van der Waals surface area contributed by atoms with Gasteiger partial charge in [0.1, 0.15) is 0 Å². The van der Waals surface area contributed by atoms with Gasteiger partial charge in [-0.25, -0.2) is 0 Å². The van der Waals surface area contributed by atoms with E-state index in [0.717, 1.165) is 19.8 Å². The lowest BCUT2D eigenvalue weighted by atomic mass is 9.65. The summed E-state index contributed by atoms with van der Waals surface area (Å²) in [5, 5.41) is 0. The number of ether oxygens (including phenoxy) is 1. The van der Waals surface area contributed by atoms with Crippen molar-refractivity contribution in [3.63, 3.8) is 0 Å². The fourth-order valence-electron chi connectivity index (χ4n) is 3.15.